The third-order valence-corrected chi connectivity index (χ3v) is 2.99. The normalized spacial score (nSPS) is 8.82. The molecule has 0 aliphatic heterocycles. The van der Waals surface area contributed by atoms with Crippen LogP contribution in [0.1, 0.15) is 90.9 Å². The van der Waals surface area contributed by atoms with E-state index in [0.717, 1.165) is 25.7 Å². The molecule has 6 heteroatoms. The third kappa shape index (κ3) is 36.6. The van der Waals surface area contributed by atoms with Gasteiger partial charge in [-0.25, -0.2) is 0 Å². The third-order valence-electron chi connectivity index (χ3n) is 2.99. The van der Waals surface area contributed by atoms with Crippen LogP contribution in [0, 0.1) is 0 Å². The number of carbonyl (C=O) groups is 2. The first kappa shape index (κ1) is 29.4. The quantitative estimate of drug-likeness (QED) is 0.402. The van der Waals surface area contributed by atoms with Crippen molar-refractivity contribution in [1.29, 1.82) is 0 Å². The summed E-state index contributed by atoms with van der Waals surface area (Å²) in [5.41, 5.74) is 0. The topological polar surface area (TPSA) is 106 Å². The van der Waals surface area contributed by atoms with E-state index in [-0.39, 0.29) is 22.0 Å². The van der Waals surface area contributed by atoms with Crippen molar-refractivity contribution in [3.63, 3.8) is 0 Å². The number of rotatable bonds is 12. The first-order valence-corrected chi connectivity index (χ1v) is 7.98. The fourth-order valence-corrected chi connectivity index (χ4v) is 1.76. The van der Waals surface area contributed by atoms with E-state index in [1.165, 1.54) is 38.5 Å². The Labute approximate surface area is 145 Å². The maximum atomic E-state index is 10.0. The SMILES string of the molecule is CCCCCCCC(=O)O.CCCCCCCC(=O)O.O.[Ni]. The van der Waals surface area contributed by atoms with E-state index in [0.29, 0.717) is 12.8 Å². The van der Waals surface area contributed by atoms with Crippen LogP contribution >= 0.6 is 0 Å². The van der Waals surface area contributed by atoms with Crippen molar-refractivity contribution in [3.8, 4) is 0 Å². The molecule has 0 aliphatic rings. The first-order valence-electron chi connectivity index (χ1n) is 7.98. The summed E-state index contributed by atoms with van der Waals surface area (Å²) in [5, 5.41) is 16.5. The van der Waals surface area contributed by atoms with Gasteiger partial charge in [0.15, 0.2) is 0 Å². The minimum atomic E-state index is -0.670. The molecule has 0 spiro atoms. The zero-order chi connectivity index (χ0) is 15.6. The molecule has 0 bridgehead atoms. The van der Waals surface area contributed by atoms with Crippen LogP contribution in [0.2, 0.25) is 0 Å². The molecule has 5 nitrogen and oxygen atoms in total. The largest absolute Gasteiger partial charge is 0.481 e. The first-order chi connectivity index (χ1) is 9.54. The molecule has 0 aromatic carbocycles. The molecule has 0 aliphatic carbocycles. The van der Waals surface area contributed by atoms with Gasteiger partial charge in [-0.3, -0.25) is 9.59 Å². The number of hydrogen-bond donors (Lipinski definition) is 2. The fourth-order valence-electron chi connectivity index (χ4n) is 1.76. The van der Waals surface area contributed by atoms with Gasteiger partial charge in [-0.1, -0.05) is 65.2 Å². The van der Waals surface area contributed by atoms with Gasteiger partial charge in [0.2, 0.25) is 0 Å². The van der Waals surface area contributed by atoms with E-state index in [2.05, 4.69) is 13.8 Å². The minimum Gasteiger partial charge on any atom is -0.481 e. The van der Waals surface area contributed by atoms with Crippen LogP contribution in [0.15, 0.2) is 0 Å². The number of carboxylic acids is 2. The fraction of sp³-hybridized carbons (Fsp3) is 0.875. The molecule has 0 fully saturated rings. The molecular formula is C16H34NiO5. The van der Waals surface area contributed by atoms with Gasteiger partial charge in [0.1, 0.15) is 0 Å². The predicted octanol–water partition coefficient (Wildman–Crippen LogP) is 4.04. The average molecular weight is 365 g/mol. The Morgan fingerprint density at radius 1 is 0.636 bits per heavy atom. The number of unbranched alkanes of at least 4 members (excludes halogenated alkanes) is 8. The molecule has 0 aromatic rings. The van der Waals surface area contributed by atoms with Crippen LogP contribution in [0.5, 0.6) is 0 Å². The van der Waals surface area contributed by atoms with Crippen molar-refractivity contribution >= 4 is 11.9 Å². The van der Waals surface area contributed by atoms with Gasteiger partial charge in [0.05, 0.1) is 0 Å². The Morgan fingerprint density at radius 2 is 0.909 bits per heavy atom. The smallest absolute Gasteiger partial charge is 0.303 e. The molecule has 0 amide bonds. The Kier molecular flexibility index (Phi) is 33.9. The van der Waals surface area contributed by atoms with Gasteiger partial charge in [0, 0.05) is 29.3 Å². The molecule has 0 aromatic heterocycles. The maximum absolute atomic E-state index is 10.0. The molecule has 0 saturated carbocycles. The van der Waals surface area contributed by atoms with Crippen LogP contribution in [-0.2, 0) is 26.1 Å². The van der Waals surface area contributed by atoms with Gasteiger partial charge in [0.25, 0.3) is 0 Å². The van der Waals surface area contributed by atoms with Gasteiger partial charge >= 0.3 is 11.9 Å². The van der Waals surface area contributed by atoms with Gasteiger partial charge in [-0.2, -0.15) is 0 Å². The van der Waals surface area contributed by atoms with Crippen molar-refractivity contribution in [2.24, 2.45) is 0 Å². The summed E-state index contributed by atoms with van der Waals surface area (Å²) in [4.78, 5) is 20.1. The van der Waals surface area contributed by atoms with Crippen LogP contribution < -0.4 is 0 Å². The van der Waals surface area contributed by atoms with E-state index in [9.17, 15) is 9.59 Å². The van der Waals surface area contributed by atoms with Crippen molar-refractivity contribution in [1.82, 2.24) is 0 Å². The Morgan fingerprint density at radius 3 is 1.14 bits per heavy atom. The molecule has 0 atom stereocenters. The zero-order valence-corrected chi connectivity index (χ0v) is 15.0. The number of carboxylic acid groups (broad SMARTS) is 2. The maximum Gasteiger partial charge on any atom is 0.303 e. The van der Waals surface area contributed by atoms with E-state index in [4.69, 9.17) is 10.2 Å². The standard InChI is InChI=1S/2C8H16O2.Ni.H2O/c2*1-2-3-4-5-6-7-8(9)10;;/h2*2-7H2,1H3,(H,9,10);;1H2. The second-order valence-corrected chi connectivity index (χ2v) is 5.12. The molecule has 0 heterocycles. The second kappa shape index (κ2) is 25.4. The Balaban J connectivity index is -0.000000135. The summed E-state index contributed by atoms with van der Waals surface area (Å²) in [5.74, 6) is -1.34. The summed E-state index contributed by atoms with van der Waals surface area (Å²) in [6, 6.07) is 0. The number of aliphatic carboxylic acids is 2. The molecule has 0 saturated heterocycles. The summed E-state index contributed by atoms with van der Waals surface area (Å²) in [6.07, 6.45) is 11.8. The van der Waals surface area contributed by atoms with Gasteiger partial charge in [-0.05, 0) is 12.8 Å². The molecule has 0 radical (unpaired) electrons. The monoisotopic (exact) mass is 364 g/mol. The van der Waals surface area contributed by atoms with E-state index in [1.807, 2.05) is 0 Å². The molecule has 0 rings (SSSR count). The van der Waals surface area contributed by atoms with Crippen molar-refractivity contribution in [2.45, 2.75) is 90.9 Å². The zero-order valence-electron chi connectivity index (χ0n) is 14.0. The molecule has 4 N–H and O–H groups in total. The van der Waals surface area contributed by atoms with Crippen LogP contribution in [0.4, 0.5) is 0 Å². The summed E-state index contributed by atoms with van der Waals surface area (Å²) in [6.45, 7) is 4.30. The summed E-state index contributed by atoms with van der Waals surface area (Å²) >= 11 is 0. The molecular weight excluding hydrogens is 331 g/mol. The van der Waals surface area contributed by atoms with E-state index in [1.54, 1.807) is 0 Å². The van der Waals surface area contributed by atoms with E-state index >= 15 is 0 Å². The number of hydrogen-bond acceptors (Lipinski definition) is 2. The van der Waals surface area contributed by atoms with Crippen molar-refractivity contribution in [3.05, 3.63) is 0 Å². The Bertz CT molecular complexity index is 211. The van der Waals surface area contributed by atoms with Crippen molar-refractivity contribution in [2.75, 3.05) is 0 Å². The molecule has 138 valence electrons. The van der Waals surface area contributed by atoms with Crippen LogP contribution in [-0.4, -0.2) is 27.6 Å². The molecule has 0 unspecified atom stereocenters. The summed E-state index contributed by atoms with van der Waals surface area (Å²) < 4.78 is 0. The van der Waals surface area contributed by atoms with Gasteiger partial charge < -0.3 is 15.7 Å². The van der Waals surface area contributed by atoms with Gasteiger partial charge in [-0.15, -0.1) is 0 Å². The van der Waals surface area contributed by atoms with Crippen LogP contribution in [0.25, 0.3) is 0 Å². The summed E-state index contributed by atoms with van der Waals surface area (Å²) in [7, 11) is 0. The van der Waals surface area contributed by atoms with Crippen molar-refractivity contribution < 1.29 is 41.8 Å². The Hall–Kier alpha value is -0.606. The minimum absolute atomic E-state index is 0. The van der Waals surface area contributed by atoms with E-state index < -0.39 is 11.9 Å². The predicted molar refractivity (Wildman–Crippen MR) is 85.6 cm³/mol. The molecule has 22 heavy (non-hydrogen) atoms. The average Bonchev–Trinajstić information content (AvgIpc) is 2.38. The van der Waals surface area contributed by atoms with Crippen LogP contribution in [0.3, 0.4) is 0 Å². The second-order valence-electron chi connectivity index (χ2n) is 5.12.